The topological polar surface area (TPSA) is 111 Å². The van der Waals surface area contributed by atoms with Gasteiger partial charge in [-0.25, -0.2) is 17.6 Å². The Bertz CT molecular complexity index is 1380. The summed E-state index contributed by atoms with van der Waals surface area (Å²) >= 11 is 6.01. The second-order valence-corrected chi connectivity index (χ2v) is 9.51. The Morgan fingerprint density at radius 2 is 1.61 bits per heavy atom. The fourth-order valence-corrected chi connectivity index (χ4v) is 4.86. The van der Waals surface area contributed by atoms with Crippen LogP contribution >= 0.6 is 11.6 Å². The molecule has 36 heavy (non-hydrogen) atoms. The summed E-state index contributed by atoms with van der Waals surface area (Å²) in [4.78, 5) is 24.6. The molecule has 3 aromatic rings. The van der Waals surface area contributed by atoms with Crippen LogP contribution in [0.1, 0.15) is 10.4 Å². The van der Waals surface area contributed by atoms with Crippen LogP contribution in [0, 0.1) is 5.82 Å². The molecule has 0 aliphatic heterocycles. The predicted molar refractivity (Wildman–Crippen MR) is 132 cm³/mol. The van der Waals surface area contributed by atoms with E-state index in [-0.39, 0.29) is 32.6 Å². The van der Waals surface area contributed by atoms with Gasteiger partial charge >= 0.3 is 5.97 Å². The van der Waals surface area contributed by atoms with E-state index in [1.165, 1.54) is 69.9 Å². The third-order valence-corrected chi connectivity index (χ3v) is 7.10. The first kappa shape index (κ1) is 26.8. The van der Waals surface area contributed by atoms with Crippen LogP contribution in [-0.2, 0) is 19.6 Å². The zero-order chi connectivity index (χ0) is 26.5. The molecule has 0 saturated heterocycles. The maximum atomic E-state index is 13.6. The number of esters is 1. The first-order chi connectivity index (χ1) is 17.1. The average Bonchev–Trinajstić information content (AvgIpc) is 2.88. The van der Waals surface area contributed by atoms with Crippen LogP contribution in [0.2, 0.25) is 5.02 Å². The predicted octanol–water partition coefficient (Wildman–Crippen LogP) is 4.12. The van der Waals surface area contributed by atoms with Gasteiger partial charge < -0.3 is 19.5 Å². The third kappa shape index (κ3) is 5.86. The number of hydrogen-bond acceptors (Lipinski definition) is 7. The molecule has 3 rings (SSSR count). The summed E-state index contributed by atoms with van der Waals surface area (Å²) in [6, 6.07) is 12.7. The van der Waals surface area contributed by atoms with Gasteiger partial charge in [0.25, 0.3) is 10.0 Å². The van der Waals surface area contributed by atoms with Crippen LogP contribution in [0.3, 0.4) is 0 Å². The highest BCUT2D eigenvalue weighted by Gasteiger charge is 2.28. The number of carbonyl (C=O) groups excluding carboxylic acids is 2. The number of ether oxygens (including phenoxy) is 3. The number of carbonyl (C=O) groups is 2. The highest BCUT2D eigenvalue weighted by atomic mass is 35.5. The van der Waals surface area contributed by atoms with Crippen LogP contribution in [0.5, 0.6) is 11.5 Å². The Morgan fingerprint density at radius 3 is 2.22 bits per heavy atom. The van der Waals surface area contributed by atoms with Gasteiger partial charge in [-0.05, 0) is 54.6 Å². The lowest BCUT2D eigenvalue weighted by Crippen LogP contribution is -2.38. The van der Waals surface area contributed by atoms with E-state index in [0.717, 1.165) is 16.4 Å². The molecule has 0 heterocycles. The molecule has 0 aromatic heterocycles. The van der Waals surface area contributed by atoms with Crippen molar-refractivity contribution in [2.24, 2.45) is 0 Å². The minimum absolute atomic E-state index is 0.0188. The van der Waals surface area contributed by atoms with E-state index in [0.29, 0.717) is 5.75 Å². The standard InChI is InChI=1S/C24H22ClFN2O7S/c1-33-21-11-9-18(13-22(21)34-2)36(31,32)28(17-7-4-15(26)5-8-17)14-23(29)27-16-6-10-20(25)19(12-16)24(30)35-3/h4-13H,14H2,1-3H3,(H,27,29). The molecule has 0 atom stereocenters. The highest BCUT2D eigenvalue weighted by molar-refractivity contribution is 7.92. The van der Waals surface area contributed by atoms with E-state index >= 15 is 0 Å². The monoisotopic (exact) mass is 536 g/mol. The van der Waals surface area contributed by atoms with Crippen molar-refractivity contribution in [2.75, 3.05) is 37.5 Å². The first-order valence-electron chi connectivity index (χ1n) is 10.3. The summed E-state index contributed by atoms with van der Waals surface area (Å²) in [6.07, 6.45) is 0. The molecule has 0 spiro atoms. The van der Waals surface area contributed by atoms with Crippen molar-refractivity contribution in [3.63, 3.8) is 0 Å². The average molecular weight is 537 g/mol. The van der Waals surface area contributed by atoms with Crippen LogP contribution in [0.25, 0.3) is 0 Å². The number of sulfonamides is 1. The molecule has 0 saturated carbocycles. The quantitative estimate of drug-likeness (QED) is 0.409. The lowest BCUT2D eigenvalue weighted by Gasteiger charge is -2.24. The second-order valence-electron chi connectivity index (χ2n) is 7.24. The molecule has 190 valence electrons. The zero-order valence-electron chi connectivity index (χ0n) is 19.4. The second kappa shape index (κ2) is 11.3. The van der Waals surface area contributed by atoms with Crippen molar-refractivity contribution < 1.29 is 36.6 Å². The summed E-state index contributed by atoms with van der Waals surface area (Å²) in [5.41, 5.74) is 0.255. The number of halogens is 2. The number of benzene rings is 3. The van der Waals surface area contributed by atoms with Gasteiger partial charge in [0, 0.05) is 11.8 Å². The fourth-order valence-electron chi connectivity index (χ4n) is 3.23. The van der Waals surface area contributed by atoms with E-state index in [4.69, 9.17) is 21.1 Å². The van der Waals surface area contributed by atoms with Gasteiger partial charge in [-0.15, -0.1) is 0 Å². The molecule has 0 radical (unpaired) electrons. The summed E-state index contributed by atoms with van der Waals surface area (Å²) in [5, 5.41) is 2.65. The number of amides is 1. The van der Waals surface area contributed by atoms with Crippen molar-refractivity contribution in [3.05, 3.63) is 77.1 Å². The van der Waals surface area contributed by atoms with E-state index in [9.17, 15) is 22.4 Å². The summed E-state index contributed by atoms with van der Waals surface area (Å²) in [5.74, 6) is -1.55. The molecular formula is C24H22ClFN2O7S. The maximum Gasteiger partial charge on any atom is 0.339 e. The number of methoxy groups -OCH3 is 3. The Labute approximate surface area is 212 Å². The van der Waals surface area contributed by atoms with Gasteiger partial charge in [0.2, 0.25) is 5.91 Å². The number of hydrogen-bond donors (Lipinski definition) is 1. The normalized spacial score (nSPS) is 10.9. The van der Waals surface area contributed by atoms with Gasteiger partial charge in [0.05, 0.1) is 42.5 Å². The molecule has 9 nitrogen and oxygen atoms in total. The van der Waals surface area contributed by atoms with E-state index in [1.807, 2.05) is 0 Å². The van der Waals surface area contributed by atoms with Gasteiger partial charge in [0.15, 0.2) is 11.5 Å². The van der Waals surface area contributed by atoms with E-state index in [1.54, 1.807) is 0 Å². The zero-order valence-corrected chi connectivity index (χ0v) is 21.0. The van der Waals surface area contributed by atoms with Crippen molar-refractivity contribution in [1.82, 2.24) is 0 Å². The Kier molecular flexibility index (Phi) is 8.38. The van der Waals surface area contributed by atoms with Gasteiger partial charge in [0.1, 0.15) is 12.4 Å². The first-order valence-corrected chi connectivity index (χ1v) is 12.1. The SMILES string of the molecule is COC(=O)c1cc(NC(=O)CN(c2ccc(F)cc2)S(=O)(=O)c2ccc(OC)c(OC)c2)ccc1Cl. The number of anilines is 2. The molecule has 12 heteroatoms. The number of nitrogens with one attached hydrogen (secondary N) is 1. The smallest absolute Gasteiger partial charge is 0.339 e. The number of nitrogens with zero attached hydrogens (tertiary/aromatic N) is 1. The molecule has 3 aromatic carbocycles. The highest BCUT2D eigenvalue weighted by Crippen LogP contribution is 2.32. The molecule has 0 aliphatic carbocycles. The minimum Gasteiger partial charge on any atom is -0.493 e. The Morgan fingerprint density at radius 1 is 0.944 bits per heavy atom. The van der Waals surface area contributed by atoms with Crippen LogP contribution in [0.15, 0.2) is 65.6 Å². The molecule has 1 N–H and O–H groups in total. The molecule has 0 unspecified atom stereocenters. The molecule has 0 bridgehead atoms. The largest absolute Gasteiger partial charge is 0.493 e. The van der Waals surface area contributed by atoms with Crippen molar-refractivity contribution >= 4 is 44.9 Å². The van der Waals surface area contributed by atoms with Gasteiger partial charge in [-0.3, -0.25) is 9.10 Å². The van der Waals surface area contributed by atoms with Crippen LogP contribution < -0.4 is 19.1 Å². The van der Waals surface area contributed by atoms with E-state index in [2.05, 4.69) is 10.1 Å². The summed E-state index contributed by atoms with van der Waals surface area (Å²) < 4.78 is 56.5. The maximum absolute atomic E-state index is 13.6. The number of rotatable bonds is 9. The Balaban J connectivity index is 1.97. The lowest BCUT2D eigenvalue weighted by molar-refractivity contribution is -0.114. The van der Waals surface area contributed by atoms with Crippen molar-refractivity contribution in [1.29, 1.82) is 0 Å². The van der Waals surface area contributed by atoms with Crippen LogP contribution in [0.4, 0.5) is 15.8 Å². The summed E-state index contributed by atoms with van der Waals surface area (Å²) in [6.45, 7) is -0.668. The van der Waals surface area contributed by atoms with E-state index < -0.39 is 34.3 Å². The third-order valence-electron chi connectivity index (χ3n) is 5.00. The van der Waals surface area contributed by atoms with Gasteiger partial charge in [-0.1, -0.05) is 11.6 Å². The Hall–Kier alpha value is -3.83. The molecule has 0 aliphatic rings. The lowest BCUT2D eigenvalue weighted by atomic mass is 10.2. The van der Waals surface area contributed by atoms with Gasteiger partial charge in [-0.2, -0.15) is 0 Å². The summed E-state index contributed by atoms with van der Waals surface area (Å²) in [7, 11) is -0.379. The van der Waals surface area contributed by atoms with Crippen LogP contribution in [-0.4, -0.2) is 48.2 Å². The molecular weight excluding hydrogens is 515 g/mol. The molecule has 1 amide bonds. The fraction of sp³-hybridized carbons (Fsp3) is 0.167. The minimum atomic E-state index is -4.32. The molecule has 0 fully saturated rings. The van der Waals surface area contributed by atoms with Crippen molar-refractivity contribution in [3.8, 4) is 11.5 Å². The van der Waals surface area contributed by atoms with Crippen molar-refractivity contribution in [2.45, 2.75) is 4.90 Å².